The predicted octanol–water partition coefficient (Wildman–Crippen LogP) is 1.38. The van der Waals surface area contributed by atoms with E-state index in [-0.39, 0.29) is 5.56 Å². The minimum atomic E-state index is -1.10. The van der Waals surface area contributed by atoms with E-state index in [1.165, 1.54) is 12.3 Å². The summed E-state index contributed by atoms with van der Waals surface area (Å²) in [6.07, 6.45) is 1.19. The van der Waals surface area contributed by atoms with Crippen LogP contribution in [0.3, 0.4) is 0 Å². The van der Waals surface area contributed by atoms with Gasteiger partial charge in [0.2, 0.25) is 5.95 Å². The highest BCUT2D eigenvalue weighted by Gasteiger charge is 2.11. The van der Waals surface area contributed by atoms with Crippen LogP contribution >= 0.6 is 0 Å². The zero-order valence-corrected chi connectivity index (χ0v) is 6.01. The quantitative estimate of drug-likeness (QED) is 0.627. The predicted molar refractivity (Wildman–Crippen MR) is 36.8 cm³/mol. The van der Waals surface area contributed by atoms with Gasteiger partial charge in [-0.1, -0.05) is 0 Å². The molecular formula is C7H8F2N2. The van der Waals surface area contributed by atoms with Gasteiger partial charge >= 0.3 is 0 Å². The molecular weight excluding hydrogens is 150 g/mol. The van der Waals surface area contributed by atoms with Gasteiger partial charge in [0.15, 0.2) is 5.82 Å². The molecule has 0 saturated carbocycles. The highest BCUT2D eigenvalue weighted by atomic mass is 19.2. The number of nitrogens with two attached hydrogens (primary N) is 1. The van der Waals surface area contributed by atoms with Crippen LogP contribution < -0.4 is 5.73 Å². The monoisotopic (exact) mass is 158 g/mol. The van der Waals surface area contributed by atoms with Gasteiger partial charge in [0.1, 0.15) is 0 Å². The Balaban J connectivity index is 3.17. The van der Waals surface area contributed by atoms with Crippen LogP contribution in [-0.4, -0.2) is 4.98 Å². The maximum atomic E-state index is 12.7. The van der Waals surface area contributed by atoms with Gasteiger partial charge in [-0.3, -0.25) is 0 Å². The Labute approximate surface area is 63.1 Å². The zero-order valence-electron chi connectivity index (χ0n) is 6.01. The smallest absolute Gasteiger partial charge is 0.249 e. The molecule has 0 amide bonds. The van der Waals surface area contributed by atoms with E-state index in [0.717, 1.165) is 0 Å². The number of aromatic nitrogens is 1. The number of hydrogen-bond donors (Lipinski definition) is 1. The van der Waals surface area contributed by atoms with E-state index in [9.17, 15) is 8.78 Å². The molecule has 1 heterocycles. The second kappa shape index (κ2) is 2.92. The minimum absolute atomic E-state index is 0.150. The summed E-state index contributed by atoms with van der Waals surface area (Å²) < 4.78 is 25.1. The van der Waals surface area contributed by atoms with Gasteiger partial charge in [0.05, 0.1) is 0 Å². The normalized spacial score (nSPS) is 13.1. The molecule has 2 nitrogen and oxygen atoms in total. The molecule has 0 aliphatic rings. The lowest BCUT2D eigenvalue weighted by atomic mass is 10.1. The maximum absolute atomic E-state index is 12.7. The summed E-state index contributed by atoms with van der Waals surface area (Å²) in [7, 11) is 0. The Morgan fingerprint density at radius 2 is 2.18 bits per heavy atom. The molecule has 0 radical (unpaired) electrons. The largest absolute Gasteiger partial charge is 0.324 e. The first-order valence-corrected chi connectivity index (χ1v) is 3.18. The molecule has 2 N–H and O–H groups in total. The molecule has 0 spiro atoms. The van der Waals surface area contributed by atoms with Gasteiger partial charge in [-0.25, -0.2) is 9.37 Å². The van der Waals surface area contributed by atoms with Crippen LogP contribution in [0.25, 0.3) is 0 Å². The second-order valence-electron chi connectivity index (χ2n) is 2.29. The second-order valence-corrected chi connectivity index (χ2v) is 2.29. The summed E-state index contributed by atoms with van der Waals surface area (Å²) in [5.41, 5.74) is 5.50. The fourth-order valence-corrected chi connectivity index (χ4v) is 0.784. The molecule has 11 heavy (non-hydrogen) atoms. The van der Waals surface area contributed by atoms with Crippen molar-refractivity contribution in [1.82, 2.24) is 4.98 Å². The van der Waals surface area contributed by atoms with Gasteiger partial charge in [-0.05, 0) is 13.0 Å². The first kappa shape index (κ1) is 8.07. The average molecular weight is 158 g/mol. The Bertz CT molecular complexity index is 261. The zero-order chi connectivity index (χ0) is 8.43. The van der Waals surface area contributed by atoms with E-state index in [1.807, 2.05) is 0 Å². The molecule has 0 aliphatic heterocycles. The molecule has 1 aromatic heterocycles. The highest BCUT2D eigenvalue weighted by molar-refractivity contribution is 5.16. The highest BCUT2D eigenvalue weighted by Crippen LogP contribution is 2.14. The van der Waals surface area contributed by atoms with Crippen LogP contribution in [0.2, 0.25) is 0 Å². The lowest BCUT2D eigenvalue weighted by molar-refractivity contribution is 0.465. The van der Waals surface area contributed by atoms with Crippen LogP contribution in [0.15, 0.2) is 12.3 Å². The number of halogens is 2. The van der Waals surface area contributed by atoms with Gasteiger partial charge < -0.3 is 5.73 Å². The van der Waals surface area contributed by atoms with E-state index in [4.69, 9.17) is 5.73 Å². The standard InChI is InChI=1S/C7H8F2N2/c1-4(10)5-2-3-11-7(9)6(5)8/h2-4H,10H2,1H3. The van der Waals surface area contributed by atoms with Crippen molar-refractivity contribution in [3.63, 3.8) is 0 Å². The summed E-state index contributed by atoms with van der Waals surface area (Å²) >= 11 is 0. The van der Waals surface area contributed by atoms with E-state index >= 15 is 0 Å². The summed E-state index contributed by atoms with van der Waals surface area (Å²) in [6.45, 7) is 1.58. The van der Waals surface area contributed by atoms with Crippen molar-refractivity contribution >= 4 is 0 Å². The topological polar surface area (TPSA) is 38.9 Å². The van der Waals surface area contributed by atoms with Crippen LogP contribution in [0.1, 0.15) is 18.5 Å². The van der Waals surface area contributed by atoms with Crippen molar-refractivity contribution in [3.05, 3.63) is 29.6 Å². The lowest BCUT2D eigenvalue weighted by Crippen LogP contribution is -2.09. The third kappa shape index (κ3) is 1.51. The van der Waals surface area contributed by atoms with Crippen LogP contribution in [-0.2, 0) is 0 Å². The first-order chi connectivity index (χ1) is 5.13. The number of hydrogen-bond acceptors (Lipinski definition) is 2. The van der Waals surface area contributed by atoms with Crippen LogP contribution in [0, 0.1) is 11.8 Å². The van der Waals surface area contributed by atoms with Gasteiger partial charge in [0, 0.05) is 17.8 Å². The minimum Gasteiger partial charge on any atom is -0.324 e. The summed E-state index contributed by atoms with van der Waals surface area (Å²) in [5, 5.41) is 0. The molecule has 1 atom stereocenters. The Morgan fingerprint density at radius 1 is 1.55 bits per heavy atom. The van der Waals surface area contributed by atoms with E-state index in [0.29, 0.717) is 0 Å². The third-order valence-electron chi connectivity index (χ3n) is 1.37. The molecule has 0 aromatic carbocycles. The molecule has 4 heteroatoms. The SMILES string of the molecule is CC(N)c1ccnc(F)c1F. The first-order valence-electron chi connectivity index (χ1n) is 3.18. The Hall–Kier alpha value is -1.03. The van der Waals surface area contributed by atoms with Gasteiger partial charge in [0.25, 0.3) is 0 Å². The van der Waals surface area contributed by atoms with Crippen LogP contribution in [0.4, 0.5) is 8.78 Å². The molecule has 0 bridgehead atoms. The molecule has 0 fully saturated rings. The fraction of sp³-hybridized carbons (Fsp3) is 0.286. The van der Waals surface area contributed by atoms with Crippen molar-refractivity contribution in [1.29, 1.82) is 0 Å². The summed E-state index contributed by atoms with van der Waals surface area (Å²) in [6, 6.07) is 0.857. The van der Waals surface area contributed by atoms with Gasteiger partial charge in [-0.2, -0.15) is 4.39 Å². The van der Waals surface area contributed by atoms with Crippen molar-refractivity contribution < 1.29 is 8.78 Å². The Kier molecular flexibility index (Phi) is 2.14. The summed E-state index contributed by atoms with van der Waals surface area (Å²) in [5.74, 6) is -2.05. The van der Waals surface area contributed by atoms with Crippen molar-refractivity contribution in [2.45, 2.75) is 13.0 Å². The Morgan fingerprint density at radius 3 is 2.64 bits per heavy atom. The lowest BCUT2D eigenvalue weighted by Gasteiger charge is -2.05. The third-order valence-corrected chi connectivity index (χ3v) is 1.37. The van der Waals surface area contributed by atoms with E-state index in [2.05, 4.69) is 4.98 Å². The summed E-state index contributed by atoms with van der Waals surface area (Å²) in [4.78, 5) is 3.12. The van der Waals surface area contributed by atoms with Crippen LogP contribution in [0.5, 0.6) is 0 Å². The average Bonchev–Trinajstić information content (AvgIpc) is 1.94. The number of pyridine rings is 1. The number of nitrogens with zero attached hydrogens (tertiary/aromatic N) is 1. The number of rotatable bonds is 1. The van der Waals surface area contributed by atoms with Crippen molar-refractivity contribution in [2.75, 3.05) is 0 Å². The molecule has 60 valence electrons. The molecule has 0 saturated heterocycles. The van der Waals surface area contributed by atoms with Crippen molar-refractivity contribution in [3.8, 4) is 0 Å². The molecule has 1 aromatic rings. The van der Waals surface area contributed by atoms with E-state index < -0.39 is 17.8 Å². The fourth-order valence-electron chi connectivity index (χ4n) is 0.784. The molecule has 1 rings (SSSR count). The molecule has 0 aliphatic carbocycles. The van der Waals surface area contributed by atoms with Gasteiger partial charge in [-0.15, -0.1) is 0 Å². The van der Waals surface area contributed by atoms with Crippen molar-refractivity contribution in [2.24, 2.45) is 5.73 Å². The maximum Gasteiger partial charge on any atom is 0.249 e. The molecule has 1 unspecified atom stereocenters. The van der Waals surface area contributed by atoms with E-state index in [1.54, 1.807) is 6.92 Å².